The van der Waals surface area contributed by atoms with Crippen LogP contribution in [0.15, 0.2) is 16.6 Å². The molecule has 4 heteroatoms. The maximum absolute atomic E-state index is 13.3. The van der Waals surface area contributed by atoms with Crippen LogP contribution >= 0.6 is 27.5 Å². The Hall–Kier alpha value is -0.410. The van der Waals surface area contributed by atoms with Crippen LogP contribution in [0.3, 0.4) is 0 Å². The molecule has 70 valence electrons. The van der Waals surface area contributed by atoms with Crippen LogP contribution in [-0.4, -0.2) is 11.7 Å². The van der Waals surface area contributed by atoms with Crippen LogP contribution in [0.5, 0.6) is 0 Å². The van der Waals surface area contributed by atoms with Crippen LogP contribution in [0.4, 0.5) is 4.39 Å². The van der Waals surface area contributed by atoms with Gasteiger partial charge in [-0.15, -0.1) is 11.6 Å². The first kappa shape index (κ1) is 10.7. The molecule has 0 aliphatic heterocycles. The molecule has 1 rings (SSSR count). The van der Waals surface area contributed by atoms with Gasteiger partial charge in [0.05, 0.1) is 11.4 Å². The molecule has 0 saturated heterocycles. The van der Waals surface area contributed by atoms with E-state index in [2.05, 4.69) is 15.9 Å². The Labute approximate surface area is 89.0 Å². The van der Waals surface area contributed by atoms with Gasteiger partial charge in [0.25, 0.3) is 0 Å². The molecule has 0 aliphatic carbocycles. The first-order valence-electron chi connectivity index (χ1n) is 3.61. The smallest absolute Gasteiger partial charge is 0.180 e. The zero-order chi connectivity index (χ0) is 10.0. The molecule has 0 heterocycles. The zero-order valence-corrected chi connectivity index (χ0v) is 9.25. The van der Waals surface area contributed by atoms with Crippen molar-refractivity contribution in [3.05, 3.63) is 33.5 Å². The van der Waals surface area contributed by atoms with Crippen molar-refractivity contribution in [3.63, 3.8) is 0 Å². The van der Waals surface area contributed by atoms with Crippen LogP contribution < -0.4 is 0 Å². The average molecular weight is 266 g/mol. The quantitative estimate of drug-likeness (QED) is 0.592. The molecule has 0 saturated carbocycles. The van der Waals surface area contributed by atoms with Crippen LogP contribution in [-0.2, 0) is 0 Å². The second-order valence-electron chi connectivity index (χ2n) is 2.64. The van der Waals surface area contributed by atoms with Crippen LogP contribution in [0, 0.1) is 12.7 Å². The van der Waals surface area contributed by atoms with Gasteiger partial charge in [0.2, 0.25) is 0 Å². The van der Waals surface area contributed by atoms with Gasteiger partial charge in [0.1, 0.15) is 5.82 Å². The SMILES string of the molecule is Cc1cc(Br)cc(C(=O)CCl)c1F. The molecular weight excluding hydrogens is 258 g/mol. The summed E-state index contributed by atoms with van der Waals surface area (Å²) in [6, 6.07) is 3.05. The number of hydrogen-bond acceptors (Lipinski definition) is 1. The fraction of sp³-hybridized carbons (Fsp3) is 0.222. The summed E-state index contributed by atoms with van der Waals surface area (Å²) in [5, 5.41) is 0. The van der Waals surface area contributed by atoms with Crippen molar-refractivity contribution in [1.82, 2.24) is 0 Å². The lowest BCUT2D eigenvalue weighted by atomic mass is 10.1. The lowest BCUT2D eigenvalue weighted by Crippen LogP contribution is -2.05. The molecule has 1 aromatic carbocycles. The van der Waals surface area contributed by atoms with Gasteiger partial charge in [-0.2, -0.15) is 0 Å². The van der Waals surface area contributed by atoms with Gasteiger partial charge in [-0.05, 0) is 24.6 Å². The number of alkyl halides is 1. The summed E-state index contributed by atoms with van der Waals surface area (Å²) in [6.07, 6.45) is 0. The van der Waals surface area contributed by atoms with Crippen molar-refractivity contribution in [2.45, 2.75) is 6.92 Å². The van der Waals surface area contributed by atoms with E-state index in [1.807, 2.05) is 0 Å². The normalized spacial score (nSPS) is 10.2. The lowest BCUT2D eigenvalue weighted by molar-refractivity contribution is 0.101. The van der Waals surface area contributed by atoms with Crippen molar-refractivity contribution in [2.24, 2.45) is 0 Å². The number of carbonyl (C=O) groups is 1. The van der Waals surface area contributed by atoms with Gasteiger partial charge in [-0.25, -0.2) is 4.39 Å². The largest absolute Gasteiger partial charge is 0.293 e. The van der Waals surface area contributed by atoms with Crippen LogP contribution in [0.2, 0.25) is 0 Å². The summed E-state index contributed by atoms with van der Waals surface area (Å²) in [7, 11) is 0. The molecule has 1 nitrogen and oxygen atoms in total. The molecular formula is C9H7BrClFO. The minimum Gasteiger partial charge on any atom is -0.293 e. The first-order chi connectivity index (χ1) is 6.06. The van der Waals surface area contributed by atoms with E-state index in [1.165, 1.54) is 6.07 Å². The maximum atomic E-state index is 13.3. The minimum absolute atomic E-state index is 0.0434. The monoisotopic (exact) mass is 264 g/mol. The maximum Gasteiger partial charge on any atom is 0.180 e. The van der Waals surface area contributed by atoms with Crippen molar-refractivity contribution in [1.29, 1.82) is 0 Å². The highest BCUT2D eigenvalue weighted by Crippen LogP contribution is 2.20. The molecule has 1 aromatic rings. The Morgan fingerprint density at radius 1 is 1.62 bits per heavy atom. The third-order valence-electron chi connectivity index (χ3n) is 1.64. The third kappa shape index (κ3) is 2.29. The molecule has 0 amide bonds. The molecule has 0 radical (unpaired) electrons. The summed E-state index contributed by atoms with van der Waals surface area (Å²) in [6.45, 7) is 1.60. The highest BCUT2D eigenvalue weighted by molar-refractivity contribution is 9.10. The second-order valence-corrected chi connectivity index (χ2v) is 3.82. The topological polar surface area (TPSA) is 17.1 Å². The summed E-state index contributed by atoms with van der Waals surface area (Å²) in [5.41, 5.74) is 0.477. The molecule has 0 bridgehead atoms. The number of rotatable bonds is 2. The number of benzene rings is 1. The molecule has 13 heavy (non-hydrogen) atoms. The lowest BCUT2D eigenvalue weighted by Gasteiger charge is -2.03. The van der Waals surface area contributed by atoms with E-state index in [4.69, 9.17) is 11.6 Å². The van der Waals surface area contributed by atoms with E-state index in [9.17, 15) is 9.18 Å². The Morgan fingerprint density at radius 3 is 2.77 bits per heavy atom. The molecule has 0 aliphatic rings. The third-order valence-corrected chi connectivity index (χ3v) is 2.34. The number of hydrogen-bond donors (Lipinski definition) is 0. The van der Waals surface area contributed by atoms with E-state index >= 15 is 0 Å². The summed E-state index contributed by atoms with van der Waals surface area (Å²) >= 11 is 8.51. The number of halogens is 3. The molecule has 0 N–H and O–H groups in total. The first-order valence-corrected chi connectivity index (χ1v) is 4.94. The summed E-state index contributed by atoms with van der Waals surface area (Å²) < 4.78 is 14.0. The summed E-state index contributed by atoms with van der Waals surface area (Å²) in [4.78, 5) is 11.1. The number of carbonyl (C=O) groups excluding carboxylic acids is 1. The molecule has 0 unspecified atom stereocenters. The highest BCUT2D eigenvalue weighted by atomic mass is 79.9. The number of aryl methyl sites for hydroxylation is 1. The van der Waals surface area contributed by atoms with Gasteiger partial charge >= 0.3 is 0 Å². The summed E-state index contributed by atoms with van der Waals surface area (Å²) in [5.74, 6) is -1.09. The standard InChI is InChI=1S/C9H7BrClFO/c1-5-2-6(10)3-7(9(5)12)8(13)4-11/h2-3H,4H2,1H3. The van der Waals surface area contributed by atoms with Gasteiger partial charge in [-0.1, -0.05) is 15.9 Å². The van der Waals surface area contributed by atoms with Gasteiger partial charge in [0, 0.05) is 4.47 Å². The van der Waals surface area contributed by atoms with Crippen LogP contribution in [0.25, 0.3) is 0 Å². The zero-order valence-electron chi connectivity index (χ0n) is 6.90. The molecule has 0 spiro atoms. The molecule has 0 aromatic heterocycles. The van der Waals surface area contributed by atoms with E-state index in [0.29, 0.717) is 10.0 Å². The van der Waals surface area contributed by atoms with E-state index in [0.717, 1.165) is 0 Å². The Bertz CT molecular complexity index is 352. The Balaban J connectivity index is 3.28. The highest BCUT2D eigenvalue weighted by Gasteiger charge is 2.13. The Kier molecular flexibility index (Phi) is 3.45. The molecule has 0 fully saturated rings. The second kappa shape index (κ2) is 4.20. The van der Waals surface area contributed by atoms with Crippen molar-refractivity contribution in [2.75, 3.05) is 5.88 Å². The fourth-order valence-corrected chi connectivity index (χ4v) is 1.72. The van der Waals surface area contributed by atoms with E-state index in [1.54, 1.807) is 13.0 Å². The predicted molar refractivity (Wildman–Crippen MR) is 53.9 cm³/mol. The number of ketones is 1. The van der Waals surface area contributed by atoms with Crippen LogP contribution in [0.1, 0.15) is 15.9 Å². The van der Waals surface area contributed by atoms with Gasteiger partial charge in [0.15, 0.2) is 5.78 Å². The van der Waals surface area contributed by atoms with Gasteiger partial charge in [-0.3, -0.25) is 4.79 Å². The van der Waals surface area contributed by atoms with Crippen molar-refractivity contribution < 1.29 is 9.18 Å². The van der Waals surface area contributed by atoms with Crippen molar-refractivity contribution >= 4 is 33.3 Å². The number of Topliss-reactive ketones (excluding diaryl/α,β-unsaturated/α-hetero) is 1. The fourth-order valence-electron chi connectivity index (χ4n) is 1.00. The van der Waals surface area contributed by atoms with Gasteiger partial charge < -0.3 is 0 Å². The minimum atomic E-state index is -0.492. The van der Waals surface area contributed by atoms with E-state index in [-0.39, 0.29) is 11.4 Å². The average Bonchev–Trinajstić information content (AvgIpc) is 2.10. The molecule has 0 atom stereocenters. The van der Waals surface area contributed by atoms with E-state index < -0.39 is 11.6 Å². The van der Waals surface area contributed by atoms with Crippen molar-refractivity contribution in [3.8, 4) is 0 Å². The Morgan fingerprint density at radius 2 is 2.23 bits per heavy atom. The predicted octanol–water partition coefficient (Wildman–Crippen LogP) is 3.32.